The van der Waals surface area contributed by atoms with Gasteiger partial charge in [-0.25, -0.2) is 8.42 Å². The van der Waals surface area contributed by atoms with Crippen LogP contribution in [-0.2, 0) is 16.4 Å². The predicted octanol–water partition coefficient (Wildman–Crippen LogP) is 0.0229. The van der Waals surface area contributed by atoms with Crippen LogP contribution in [0.2, 0.25) is 0 Å². The van der Waals surface area contributed by atoms with Gasteiger partial charge in [-0.05, 0) is 20.8 Å². The van der Waals surface area contributed by atoms with Gasteiger partial charge in [-0.2, -0.15) is 0 Å². The van der Waals surface area contributed by atoms with Crippen molar-refractivity contribution in [3.05, 3.63) is 11.9 Å². The summed E-state index contributed by atoms with van der Waals surface area (Å²) in [6.07, 6.45) is 1.40. The van der Waals surface area contributed by atoms with E-state index < -0.39 is 14.6 Å². The number of carbonyl (C=O) groups is 1. The Balaban J connectivity index is 2.65. The summed E-state index contributed by atoms with van der Waals surface area (Å²) in [5, 5.41) is 7.45. The van der Waals surface area contributed by atoms with Gasteiger partial charge in [0.15, 0.2) is 15.6 Å². The zero-order valence-corrected chi connectivity index (χ0v) is 12.3. The maximum Gasteiger partial charge on any atom is 0.185 e. The number of Topliss-reactive ketones (excluding diaryl/α,β-unsaturated/α-hetero) is 1. The Hall–Kier alpha value is -1.28. The minimum Gasteiger partial charge on any atom is -0.329 e. The molecule has 19 heavy (non-hydrogen) atoms. The third kappa shape index (κ3) is 4.10. The average molecular weight is 288 g/mol. The van der Waals surface area contributed by atoms with Crippen LogP contribution in [-0.4, -0.2) is 46.2 Å². The fourth-order valence-corrected chi connectivity index (χ4v) is 2.40. The molecule has 0 aliphatic heterocycles. The lowest BCUT2D eigenvalue weighted by molar-refractivity contribution is 0.0984. The zero-order chi connectivity index (χ0) is 14.7. The second-order valence-corrected chi connectivity index (χ2v) is 8.12. The lowest BCUT2D eigenvalue weighted by Gasteiger charge is -2.18. The number of sulfone groups is 1. The van der Waals surface area contributed by atoms with Crippen LogP contribution in [0.3, 0.4) is 0 Å². The number of hydrogen-bond acceptors (Lipinski definition) is 6. The second-order valence-electron chi connectivity index (χ2n) is 5.26. The van der Waals surface area contributed by atoms with Crippen molar-refractivity contribution >= 4 is 15.6 Å². The number of nitrogens with zero attached hydrogens (tertiary/aromatic N) is 3. The van der Waals surface area contributed by atoms with Gasteiger partial charge in [0.25, 0.3) is 0 Å². The van der Waals surface area contributed by atoms with Crippen molar-refractivity contribution in [3.8, 4) is 0 Å². The fourth-order valence-electron chi connectivity index (χ4n) is 1.33. The van der Waals surface area contributed by atoms with E-state index in [1.807, 2.05) is 0 Å². The molecule has 0 amide bonds. The molecule has 1 aromatic rings. The molecule has 0 aromatic carbocycles. The maximum atomic E-state index is 11.9. The van der Waals surface area contributed by atoms with Crippen molar-refractivity contribution < 1.29 is 13.2 Å². The molecular weight excluding hydrogens is 268 g/mol. The SMILES string of the molecule is CC(C)(C)S(=O)(=O)CCC(=O)c1cn(CCN)nn1. The van der Waals surface area contributed by atoms with E-state index in [4.69, 9.17) is 5.73 Å². The van der Waals surface area contributed by atoms with Crippen LogP contribution < -0.4 is 5.73 Å². The Morgan fingerprint density at radius 1 is 1.42 bits per heavy atom. The molecular formula is C11H20N4O3S. The van der Waals surface area contributed by atoms with Crippen molar-refractivity contribution in [3.63, 3.8) is 0 Å². The number of aromatic nitrogens is 3. The molecule has 8 heteroatoms. The first-order valence-electron chi connectivity index (χ1n) is 6.03. The van der Waals surface area contributed by atoms with Crippen LogP contribution in [0.25, 0.3) is 0 Å². The molecule has 0 spiro atoms. The molecule has 0 unspecified atom stereocenters. The summed E-state index contributed by atoms with van der Waals surface area (Å²) in [5.74, 6) is -0.505. The van der Waals surface area contributed by atoms with Gasteiger partial charge in [-0.3, -0.25) is 9.48 Å². The Labute approximate surface area is 113 Å². The van der Waals surface area contributed by atoms with Crippen LogP contribution in [0.15, 0.2) is 6.20 Å². The van der Waals surface area contributed by atoms with Gasteiger partial charge in [0.2, 0.25) is 0 Å². The van der Waals surface area contributed by atoms with Gasteiger partial charge in [-0.15, -0.1) is 5.10 Å². The predicted molar refractivity (Wildman–Crippen MR) is 71.6 cm³/mol. The summed E-state index contributed by atoms with van der Waals surface area (Å²) < 4.78 is 24.4. The van der Waals surface area contributed by atoms with Crippen LogP contribution in [0, 0.1) is 0 Å². The fraction of sp³-hybridized carbons (Fsp3) is 0.727. The Morgan fingerprint density at radius 2 is 2.05 bits per heavy atom. The molecule has 0 aliphatic carbocycles. The van der Waals surface area contributed by atoms with E-state index in [2.05, 4.69) is 10.3 Å². The molecule has 0 atom stereocenters. The van der Waals surface area contributed by atoms with Crippen molar-refractivity contribution in [2.24, 2.45) is 5.73 Å². The quantitative estimate of drug-likeness (QED) is 0.739. The van der Waals surface area contributed by atoms with Crippen molar-refractivity contribution in [2.45, 2.75) is 38.5 Å². The summed E-state index contributed by atoms with van der Waals surface area (Å²) in [7, 11) is -3.30. The third-order valence-corrected chi connectivity index (χ3v) is 5.32. The largest absolute Gasteiger partial charge is 0.329 e. The molecule has 0 radical (unpaired) electrons. The van der Waals surface area contributed by atoms with Crippen LogP contribution in [0.1, 0.15) is 37.7 Å². The number of rotatable bonds is 6. The number of nitrogens with two attached hydrogens (primary N) is 1. The summed E-state index contributed by atoms with van der Waals surface area (Å²) >= 11 is 0. The Morgan fingerprint density at radius 3 is 2.58 bits per heavy atom. The lowest BCUT2D eigenvalue weighted by Crippen LogP contribution is -2.31. The lowest BCUT2D eigenvalue weighted by atomic mass is 10.2. The average Bonchev–Trinajstić information content (AvgIpc) is 2.73. The minimum absolute atomic E-state index is 0.0824. The summed E-state index contributed by atoms with van der Waals surface area (Å²) in [5.41, 5.74) is 5.53. The summed E-state index contributed by atoms with van der Waals surface area (Å²) in [6.45, 7) is 5.72. The van der Waals surface area contributed by atoms with Gasteiger partial charge in [0, 0.05) is 13.0 Å². The summed E-state index contributed by atoms with van der Waals surface area (Å²) in [6, 6.07) is 0. The minimum atomic E-state index is -3.30. The van der Waals surface area contributed by atoms with Crippen molar-refractivity contribution in [2.75, 3.05) is 12.3 Å². The molecule has 0 fully saturated rings. The zero-order valence-electron chi connectivity index (χ0n) is 11.5. The highest BCUT2D eigenvalue weighted by molar-refractivity contribution is 7.92. The van der Waals surface area contributed by atoms with Crippen molar-refractivity contribution in [1.29, 1.82) is 0 Å². The van der Waals surface area contributed by atoms with Gasteiger partial charge in [-0.1, -0.05) is 5.21 Å². The molecule has 1 aromatic heterocycles. The Bertz CT molecular complexity index is 543. The van der Waals surface area contributed by atoms with Gasteiger partial charge < -0.3 is 5.73 Å². The molecule has 1 heterocycles. The van der Waals surface area contributed by atoms with E-state index >= 15 is 0 Å². The van der Waals surface area contributed by atoms with E-state index in [-0.39, 0.29) is 23.7 Å². The van der Waals surface area contributed by atoms with Crippen molar-refractivity contribution in [1.82, 2.24) is 15.0 Å². The number of ketones is 1. The van der Waals surface area contributed by atoms with Gasteiger partial charge in [0.1, 0.15) is 5.69 Å². The first-order valence-corrected chi connectivity index (χ1v) is 7.68. The first kappa shape index (κ1) is 15.8. The number of carbonyl (C=O) groups excluding carboxylic acids is 1. The highest BCUT2D eigenvalue weighted by atomic mass is 32.2. The second kappa shape index (κ2) is 5.79. The monoisotopic (exact) mass is 288 g/mol. The Kier molecular flexibility index (Phi) is 4.81. The molecule has 0 saturated heterocycles. The molecule has 2 N–H and O–H groups in total. The van der Waals surface area contributed by atoms with Crippen LogP contribution in [0.4, 0.5) is 0 Å². The molecule has 7 nitrogen and oxygen atoms in total. The van der Waals surface area contributed by atoms with E-state index in [1.165, 1.54) is 10.9 Å². The third-order valence-electron chi connectivity index (χ3n) is 2.71. The molecule has 1 rings (SSSR count). The van der Waals surface area contributed by atoms with Crippen LogP contribution >= 0.6 is 0 Å². The molecule has 0 bridgehead atoms. The highest BCUT2D eigenvalue weighted by Gasteiger charge is 2.29. The van der Waals surface area contributed by atoms with Gasteiger partial charge in [0.05, 0.1) is 23.2 Å². The molecule has 0 saturated carbocycles. The molecule has 108 valence electrons. The topological polar surface area (TPSA) is 108 Å². The number of hydrogen-bond donors (Lipinski definition) is 1. The summed E-state index contributed by atoms with van der Waals surface area (Å²) in [4.78, 5) is 11.8. The van der Waals surface area contributed by atoms with E-state index in [9.17, 15) is 13.2 Å². The van der Waals surface area contributed by atoms with E-state index in [1.54, 1.807) is 20.8 Å². The first-order chi connectivity index (χ1) is 8.67. The smallest absolute Gasteiger partial charge is 0.185 e. The van der Waals surface area contributed by atoms with E-state index in [0.717, 1.165) is 0 Å². The molecule has 0 aliphatic rings. The van der Waals surface area contributed by atoms with E-state index in [0.29, 0.717) is 13.1 Å². The normalized spacial score (nSPS) is 12.6. The highest BCUT2D eigenvalue weighted by Crippen LogP contribution is 2.17. The maximum absolute atomic E-state index is 11.9. The van der Waals surface area contributed by atoms with Gasteiger partial charge >= 0.3 is 0 Å². The standard InChI is InChI=1S/C11H20N4O3S/c1-11(2,3)19(17,18)7-4-10(16)9-8-15(6-5-12)14-13-9/h8H,4-7,12H2,1-3H3. The van der Waals surface area contributed by atoms with Crippen LogP contribution in [0.5, 0.6) is 0 Å².